The van der Waals surface area contributed by atoms with Crippen molar-refractivity contribution >= 4 is 9.84 Å². The molecular weight excluding hydrogens is 200 g/mol. The Morgan fingerprint density at radius 1 is 1.21 bits per heavy atom. The zero-order valence-electron chi connectivity index (χ0n) is 8.99. The van der Waals surface area contributed by atoms with Gasteiger partial charge in [-0.1, -0.05) is 0 Å². The molecule has 4 heteroatoms. The number of hydrogen-bond donors (Lipinski definition) is 0. The van der Waals surface area contributed by atoms with Crippen molar-refractivity contribution in [3.63, 3.8) is 0 Å². The minimum Gasteiger partial charge on any atom is -0.371 e. The molecule has 2 fully saturated rings. The Morgan fingerprint density at radius 2 is 1.79 bits per heavy atom. The number of rotatable bonds is 3. The highest BCUT2D eigenvalue weighted by molar-refractivity contribution is 7.93. The molecule has 0 spiro atoms. The van der Waals surface area contributed by atoms with Crippen LogP contribution in [0, 0.1) is 0 Å². The van der Waals surface area contributed by atoms with Crippen molar-refractivity contribution in [3.8, 4) is 0 Å². The Kier molecular flexibility index (Phi) is 2.20. The highest BCUT2D eigenvalue weighted by Gasteiger charge is 2.54. The van der Waals surface area contributed by atoms with Crippen molar-refractivity contribution < 1.29 is 13.2 Å². The first kappa shape index (κ1) is 10.4. The van der Waals surface area contributed by atoms with Crippen LogP contribution < -0.4 is 0 Å². The van der Waals surface area contributed by atoms with Crippen LogP contribution in [0.15, 0.2) is 0 Å². The molecule has 2 rings (SSSR count). The molecule has 0 saturated heterocycles. The highest BCUT2D eigenvalue weighted by Crippen LogP contribution is 2.43. The van der Waals surface area contributed by atoms with Crippen LogP contribution in [-0.2, 0) is 14.6 Å². The van der Waals surface area contributed by atoms with Gasteiger partial charge in [-0.25, -0.2) is 8.42 Å². The molecule has 0 aromatic heterocycles. The van der Waals surface area contributed by atoms with Crippen LogP contribution in [0.25, 0.3) is 0 Å². The van der Waals surface area contributed by atoms with Crippen LogP contribution in [0.4, 0.5) is 0 Å². The third kappa shape index (κ3) is 2.11. The van der Waals surface area contributed by atoms with Crippen LogP contribution in [0.1, 0.15) is 40.0 Å². The normalized spacial score (nSPS) is 33.1. The van der Waals surface area contributed by atoms with Gasteiger partial charge in [-0.3, -0.25) is 0 Å². The molecule has 2 aliphatic rings. The van der Waals surface area contributed by atoms with E-state index in [0.29, 0.717) is 6.42 Å². The molecule has 2 atom stereocenters. The van der Waals surface area contributed by atoms with E-state index in [9.17, 15) is 8.42 Å². The quantitative estimate of drug-likeness (QED) is 0.721. The van der Waals surface area contributed by atoms with E-state index in [4.69, 9.17) is 4.74 Å². The third-order valence-corrected chi connectivity index (χ3v) is 5.33. The summed E-state index contributed by atoms with van der Waals surface area (Å²) in [4.78, 5) is 0. The largest absolute Gasteiger partial charge is 0.371 e. The zero-order valence-corrected chi connectivity index (χ0v) is 9.80. The van der Waals surface area contributed by atoms with Gasteiger partial charge in [0.25, 0.3) is 0 Å². The average molecular weight is 218 g/mol. The van der Waals surface area contributed by atoms with Gasteiger partial charge in [0.2, 0.25) is 0 Å². The topological polar surface area (TPSA) is 43.4 Å². The summed E-state index contributed by atoms with van der Waals surface area (Å²) in [5, 5.41) is -0.240. The summed E-state index contributed by atoms with van der Waals surface area (Å²) in [6, 6.07) is 0. The third-order valence-electron chi connectivity index (χ3n) is 2.59. The van der Waals surface area contributed by atoms with Crippen LogP contribution in [0.3, 0.4) is 0 Å². The minimum absolute atomic E-state index is 0.0407. The molecule has 0 amide bonds. The Hall–Kier alpha value is -0.0900. The van der Waals surface area contributed by atoms with Crippen LogP contribution in [0.2, 0.25) is 0 Å². The van der Waals surface area contributed by atoms with E-state index in [2.05, 4.69) is 0 Å². The summed E-state index contributed by atoms with van der Waals surface area (Å²) in [5.74, 6) is 0. The van der Waals surface area contributed by atoms with Crippen LogP contribution in [-0.4, -0.2) is 30.6 Å². The Morgan fingerprint density at radius 3 is 2.21 bits per heavy atom. The first-order valence-electron chi connectivity index (χ1n) is 5.21. The van der Waals surface area contributed by atoms with Crippen LogP contribution in [0.5, 0.6) is 0 Å². The van der Waals surface area contributed by atoms with Crippen molar-refractivity contribution in [2.75, 3.05) is 0 Å². The Bertz CT molecular complexity index is 322. The van der Waals surface area contributed by atoms with Gasteiger partial charge in [-0.05, 0) is 40.0 Å². The first-order valence-corrected chi connectivity index (χ1v) is 6.82. The maximum Gasteiger partial charge on any atom is 0.158 e. The highest BCUT2D eigenvalue weighted by atomic mass is 32.2. The fourth-order valence-corrected chi connectivity index (χ4v) is 3.94. The lowest BCUT2D eigenvalue weighted by molar-refractivity contribution is -0.0146. The molecule has 0 bridgehead atoms. The summed E-state index contributed by atoms with van der Waals surface area (Å²) in [6.07, 6.45) is 2.39. The number of hydrogen-bond acceptors (Lipinski definition) is 3. The van der Waals surface area contributed by atoms with Gasteiger partial charge in [0, 0.05) is 0 Å². The van der Waals surface area contributed by atoms with E-state index in [-0.39, 0.29) is 22.2 Å². The van der Waals surface area contributed by atoms with Crippen molar-refractivity contribution in [2.45, 2.75) is 62.2 Å². The van der Waals surface area contributed by atoms with Gasteiger partial charge < -0.3 is 4.74 Å². The number of sulfone groups is 1. The fraction of sp³-hybridized carbons (Fsp3) is 1.00. The summed E-state index contributed by atoms with van der Waals surface area (Å²) in [5.41, 5.74) is -0.224. The molecule has 0 heterocycles. The molecule has 2 unspecified atom stereocenters. The average Bonchev–Trinajstić information content (AvgIpc) is 2.76. The van der Waals surface area contributed by atoms with Gasteiger partial charge in [0.15, 0.2) is 9.84 Å². The van der Waals surface area contributed by atoms with E-state index in [1.807, 2.05) is 20.8 Å². The second-order valence-electron chi connectivity index (χ2n) is 5.33. The van der Waals surface area contributed by atoms with Crippen molar-refractivity contribution in [2.24, 2.45) is 0 Å². The molecule has 0 aromatic carbocycles. The lowest BCUT2D eigenvalue weighted by atomic mass is 10.2. The maximum atomic E-state index is 11.8. The van der Waals surface area contributed by atoms with Gasteiger partial charge in [0.05, 0.1) is 22.2 Å². The van der Waals surface area contributed by atoms with Gasteiger partial charge in [0.1, 0.15) is 0 Å². The maximum absolute atomic E-state index is 11.8. The summed E-state index contributed by atoms with van der Waals surface area (Å²) in [6.45, 7) is 5.89. The second-order valence-corrected chi connectivity index (χ2v) is 7.78. The fourth-order valence-electron chi connectivity index (χ4n) is 1.72. The Balaban J connectivity index is 1.93. The molecule has 82 valence electrons. The predicted molar refractivity (Wildman–Crippen MR) is 55.0 cm³/mol. The van der Waals surface area contributed by atoms with Gasteiger partial charge in [-0.2, -0.15) is 0 Å². The van der Waals surface area contributed by atoms with Gasteiger partial charge in [-0.15, -0.1) is 0 Å². The standard InChI is InChI=1S/C10H18O3S/c1-10(2,3)13-8-6-9(8)14(11,12)7-4-5-7/h7-9H,4-6H2,1-3H3. The van der Waals surface area contributed by atoms with E-state index in [0.717, 1.165) is 12.8 Å². The molecule has 0 aliphatic heterocycles. The van der Waals surface area contributed by atoms with Crippen molar-refractivity contribution in [1.82, 2.24) is 0 Å². The lowest BCUT2D eigenvalue weighted by Crippen LogP contribution is -2.24. The van der Waals surface area contributed by atoms with E-state index in [1.165, 1.54) is 0 Å². The monoisotopic (exact) mass is 218 g/mol. The summed E-state index contributed by atoms with van der Waals surface area (Å²) >= 11 is 0. The van der Waals surface area contributed by atoms with E-state index in [1.54, 1.807) is 0 Å². The second kappa shape index (κ2) is 2.95. The van der Waals surface area contributed by atoms with Crippen molar-refractivity contribution in [1.29, 1.82) is 0 Å². The molecule has 0 radical (unpaired) electrons. The first-order chi connectivity index (χ1) is 6.31. The Labute approximate surface area is 85.8 Å². The van der Waals surface area contributed by atoms with Gasteiger partial charge >= 0.3 is 0 Å². The van der Waals surface area contributed by atoms with E-state index < -0.39 is 9.84 Å². The molecule has 3 nitrogen and oxygen atoms in total. The smallest absolute Gasteiger partial charge is 0.158 e. The molecular formula is C10H18O3S. The molecule has 0 N–H and O–H groups in total. The zero-order chi connectivity index (χ0) is 10.6. The molecule has 14 heavy (non-hydrogen) atoms. The van der Waals surface area contributed by atoms with Crippen molar-refractivity contribution in [3.05, 3.63) is 0 Å². The summed E-state index contributed by atoms with van der Waals surface area (Å²) in [7, 11) is -2.84. The predicted octanol–water partition coefficient (Wildman–Crippen LogP) is 1.52. The lowest BCUT2D eigenvalue weighted by Gasteiger charge is -2.19. The molecule has 2 aliphatic carbocycles. The summed E-state index contributed by atoms with van der Waals surface area (Å²) < 4.78 is 29.2. The van der Waals surface area contributed by atoms with Crippen LogP contribution >= 0.6 is 0 Å². The molecule has 2 saturated carbocycles. The SMILES string of the molecule is CC(C)(C)OC1CC1S(=O)(=O)C1CC1. The van der Waals surface area contributed by atoms with E-state index >= 15 is 0 Å². The molecule has 0 aromatic rings. The minimum atomic E-state index is -2.84. The number of ether oxygens (including phenoxy) is 1.